The lowest BCUT2D eigenvalue weighted by Crippen LogP contribution is -2.19. The number of rotatable bonds is 3. The summed E-state index contributed by atoms with van der Waals surface area (Å²) in [6.07, 6.45) is 8.38. The molecule has 4 heteroatoms. The second-order valence-electron chi connectivity index (χ2n) is 11.2. The Labute approximate surface area is 247 Å². The van der Waals surface area contributed by atoms with E-state index in [0.717, 1.165) is 22.0 Å². The molecule has 1 aromatic heterocycles. The number of nitrogens with zero attached hydrogens (tertiary/aromatic N) is 3. The van der Waals surface area contributed by atoms with Crippen molar-refractivity contribution in [3.63, 3.8) is 0 Å². The Hall–Kier alpha value is -4.93. The van der Waals surface area contributed by atoms with Crippen molar-refractivity contribution in [2.24, 2.45) is 0 Å². The normalized spacial score (nSPS) is 14.4. The van der Waals surface area contributed by atoms with Crippen molar-refractivity contribution in [3.8, 4) is 22.3 Å². The molecule has 2 heterocycles. The van der Waals surface area contributed by atoms with Crippen LogP contribution in [0.4, 0.5) is 17.1 Å². The quantitative estimate of drug-likeness (QED) is 0.202. The van der Waals surface area contributed by atoms with E-state index in [0.29, 0.717) is 0 Å². The van der Waals surface area contributed by atoms with E-state index < -0.39 is 10.0 Å². The van der Waals surface area contributed by atoms with Crippen LogP contribution in [0.25, 0.3) is 43.9 Å². The molecule has 42 heavy (non-hydrogen) atoms. The molecule has 202 valence electrons. The third-order valence-corrected chi connectivity index (χ3v) is 11.4. The minimum atomic E-state index is -1.12. The maximum absolute atomic E-state index is 4.66. The van der Waals surface area contributed by atoms with Gasteiger partial charge in [-0.2, -0.15) is 10.0 Å². The van der Waals surface area contributed by atoms with E-state index in [1.54, 1.807) is 6.33 Å². The Morgan fingerprint density at radius 3 is 1.90 bits per heavy atom. The molecule has 0 bridgehead atoms. The highest BCUT2D eigenvalue weighted by Gasteiger charge is 2.33. The molecular weight excluding hydrogens is 531 g/mol. The summed E-state index contributed by atoms with van der Waals surface area (Å²) in [5.41, 5.74) is 9.38. The first-order chi connectivity index (χ1) is 20.6. The molecule has 3 nitrogen and oxygen atoms in total. The smallest absolute Gasteiger partial charge is 0.116 e. The van der Waals surface area contributed by atoms with E-state index >= 15 is 0 Å². The Morgan fingerprint density at radius 1 is 0.548 bits per heavy atom. The average molecular weight is 560 g/mol. The van der Waals surface area contributed by atoms with Crippen LogP contribution in [0.1, 0.15) is 0 Å². The zero-order valence-electron chi connectivity index (χ0n) is 23.5. The van der Waals surface area contributed by atoms with Gasteiger partial charge in [-0.25, -0.2) is 9.97 Å². The predicted molar refractivity (Wildman–Crippen MR) is 179 cm³/mol. The van der Waals surface area contributed by atoms with Gasteiger partial charge in [0.05, 0.1) is 16.9 Å². The highest BCUT2D eigenvalue weighted by Crippen LogP contribution is 2.67. The van der Waals surface area contributed by atoms with Crippen molar-refractivity contribution in [2.75, 3.05) is 17.4 Å². The highest BCUT2D eigenvalue weighted by atomic mass is 32.3. The molecule has 1 aliphatic rings. The molecule has 0 saturated heterocycles. The van der Waals surface area contributed by atoms with Gasteiger partial charge in [0.25, 0.3) is 0 Å². The lowest BCUT2D eigenvalue weighted by atomic mass is 9.93. The minimum Gasteiger partial charge on any atom is -0.308 e. The summed E-state index contributed by atoms with van der Waals surface area (Å²) in [5.74, 6) is 0. The zero-order valence-corrected chi connectivity index (χ0v) is 24.3. The van der Waals surface area contributed by atoms with Crippen molar-refractivity contribution >= 4 is 48.8 Å². The molecule has 0 unspecified atom stereocenters. The summed E-state index contributed by atoms with van der Waals surface area (Å²) < 4.78 is 0. The van der Waals surface area contributed by atoms with Crippen LogP contribution < -0.4 is 4.90 Å². The number of anilines is 3. The number of para-hydroxylation sites is 2. The zero-order chi connectivity index (χ0) is 28.3. The molecule has 0 spiro atoms. The molecule has 0 saturated carbocycles. The molecule has 0 N–H and O–H groups in total. The fourth-order valence-electron chi connectivity index (χ4n) is 6.39. The van der Waals surface area contributed by atoms with Crippen molar-refractivity contribution in [3.05, 3.63) is 140 Å². The maximum atomic E-state index is 4.66. The monoisotopic (exact) mass is 559 g/mol. The second-order valence-corrected chi connectivity index (χ2v) is 14.7. The molecule has 1 aliphatic heterocycles. The van der Waals surface area contributed by atoms with E-state index in [4.69, 9.17) is 0 Å². The maximum Gasteiger partial charge on any atom is 0.116 e. The molecule has 0 radical (unpaired) electrons. The summed E-state index contributed by atoms with van der Waals surface area (Å²) in [6.45, 7) is 0. The van der Waals surface area contributed by atoms with Crippen molar-refractivity contribution in [2.45, 2.75) is 9.79 Å². The fourth-order valence-corrected chi connectivity index (χ4v) is 8.83. The van der Waals surface area contributed by atoms with Gasteiger partial charge >= 0.3 is 0 Å². The number of aromatic nitrogens is 2. The summed E-state index contributed by atoms with van der Waals surface area (Å²) in [6, 6.07) is 46.2. The Morgan fingerprint density at radius 2 is 1.19 bits per heavy atom. The lowest BCUT2D eigenvalue weighted by molar-refractivity contribution is 1.15. The van der Waals surface area contributed by atoms with Gasteiger partial charge in [0.2, 0.25) is 0 Å². The van der Waals surface area contributed by atoms with Gasteiger partial charge in [-0.3, -0.25) is 0 Å². The summed E-state index contributed by atoms with van der Waals surface area (Å²) in [7, 11) is -1.12. The topological polar surface area (TPSA) is 29.0 Å². The summed E-state index contributed by atoms with van der Waals surface area (Å²) in [5, 5.41) is 3.43. The van der Waals surface area contributed by atoms with Crippen LogP contribution in [0.5, 0.6) is 0 Å². The first-order valence-corrected chi connectivity index (χ1v) is 16.6. The largest absolute Gasteiger partial charge is 0.308 e. The molecular formula is C38H29N3S. The van der Waals surface area contributed by atoms with Crippen molar-refractivity contribution in [1.29, 1.82) is 0 Å². The van der Waals surface area contributed by atoms with Crippen LogP contribution >= 0.6 is 10.0 Å². The molecule has 0 amide bonds. The first kappa shape index (κ1) is 24.8. The molecule has 7 aromatic rings. The molecule has 8 rings (SSSR count). The van der Waals surface area contributed by atoms with Crippen LogP contribution in [-0.4, -0.2) is 22.5 Å². The second kappa shape index (κ2) is 9.57. The van der Waals surface area contributed by atoms with Crippen LogP contribution in [0.3, 0.4) is 0 Å². The predicted octanol–water partition coefficient (Wildman–Crippen LogP) is 10.4. The van der Waals surface area contributed by atoms with Crippen LogP contribution in [0.2, 0.25) is 0 Å². The van der Waals surface area contributed by atoms with Crippen molar-refractivity contribution < 1.29 is 0 Å². The van der Waals surface area contributed by atoms with Gasteiger partial charge in [-0.05, 0) is 94.1 Å². The van der Waals surface area contributed by atoms with E-state index in [9.17, 15) is 0 Å². The van der Waals surface area contributed by atoms with E-state index in [1.807, 2.05) is 6.20 Å². The summed E-state index contributed by atoms with van der Waals surface area (Å²) >= 11 is 0. The van der Waals surface area contributed by atoms with E-state index in [1.165, 1.54) is 48.8 Å². The third-order valence-electron chi connectivity index (χ3n) is 8.48. The Balaban J connectivity index is 1.28. The van der Waals surface area contributed by atoms with Crippen LogP contribution in [-0.2, 0) is 0 Å². The van der Waals surface area contributed by atoms with Crippen LogP contribution in [0.15, 0.2) is 150 Å². The van der Waals surface area contributed by atoms with E-state index in [-0.39, 0.29) is 0 Å². The third kappa shape index (κ3) is 3.83. The van der Waals surface area contributed by atoms with Gasteiger partial charge in [0.1, 0.15) is 6.33 Å². The Kier molecular flexibility index (Phi) is 5.66. The average Bonchev–Trinajstić information content (AvgIpc) is 3.05. The Bertz CT molecular complexity index is 2070. The summed E-state index contributed by atoms with van der Waals surface area (Å²) in [4.78, 5) is 14.3. The van der Waals surface area contributed by atoms with Crippen LogP contribution in [0, 0.1) is 0 Å². The number of hydrogen-bond donors (Lipinski definition) is 0. The SMILES string of the molecule is CS1(C)c2ccccc2N(c2ccc(-c3cc4ncncc4c4cc(-c5ccccc5)ccc34)cc2)c2ccccc21. The van der Waals surface area contributed by atoms with Gasteiger partial charge in [-0.15, -0.1) is 0 Å². The van der Waals surface area contributed by atoms with Gasteiger partial charge in [-0.1, -0.05) is 78.9 Å². The fraction of sp³-hybridized carbons (Fsp3) is 0.0526. The van der Waals surface area contributed by atoms with Crippen molar-refractivity contribution in [1.82, 2.24) is 9.97 Å². The minimum absolute atomic E-state index is 0.950. The highest BCUT2D eigenvalue weighted by molar-refractivity contribution is 8.33. The lowest BCUT2D eigenvalue weighted by Gasteiger charge is -2.45. The van der Waals surface area contributed by atoms with Gasteiger partial charge < -0.3 is 4.90 Å². The first-order valence-electron chi connectivity index (χ1n) is 14.1. The number of fused-ring (bicyclic) bond motifs is 5. The molecule has 0 aliphatic carbocycles. The molecule has 0 fully saturated rings. The molecule has 0 atom stereocenters. The standard InChI is InChI=1S/C38H29N3S/c1-42(2)37-14-8-6-12-35(37)41(36-13-7-9-15-38(36)42)29-19-16-27(17-20-29)31-23-34-33(24-39-25-40-34)32-22-28(18-21-30(31)32)26-10-4-3-5-11-26/h3-25H,1-2H3. The van der Waals surface area contributed by atoms with Gasteiger partial charge in [0.15, 0.2) is 0 Å². The number of hydrogen-bond acceptors (Lipinski definition) is 3. The van der Waals surface area contributed by atoms with Gasteiger partial charge in [0, 0.05) is 27.1 Å². The molecule has 6 aromatic carbocycles. The van der Waals surface area contributed by atoms with E-state index in [2.05, 4.69) is 155 Å². The number of benzene rings is 6.